The summed E-state index contributed by atoms with van der Waals surface area (Å²) in [7, 11) is 0. The van der Waals surface area contributed by atoms with Gasteiger partial charge in [-0.05, 0) is 18.4 Å². The van der Waals surface area contributed by atoms with Gasteiger partial charge in [-0.15, -0.1) is 0 Å². The number of hydrogen-bond acceptors (Lipinski definition) is 2. The van der Waals surface area contributed by atoms with E-state index in [1.165, 1.54) is 6.42 Å². The van der Waals surface area contributed by atoms with E-state index in [4.69, 9.17) is 0 Å². The highest BCUT2D eigenvalue weighted by Gasteiger charge is 2.34. The monoisotopic (exact) mass is 261 g/mol. The van der Waals surface area contributed by atoms with E-state index in [9.17, 15) is 9.90 Å². The molecule has 1 amide bonds. The predicted molar refractivity (Wildman–Crippen MR) is 75.6 cm³/mol. The molecule has 2 rings (SSSR count). The van der Waals surface area contributed by atoms with E-state index in [1.54, 1.807) is 0 Å². The Morgan fingerprint density at radius 3 is 2.53 bits per heavy atom. The van der Waals surface area contributed by atoms with Crippen LogP contribution in [0.25, 0.3) is 0 Å². The number of benzene rings is 1. The fraction of sp³-hybridized carbons (Fsp3) is 0.562. The van der Waals surface area contributed by atoms with Crippen LogP contribution in [0, 0.1) is 5.41 Å². The molecule has 1 fully saturated rings. The molecule has 0 aliphatic heterocycles. The minimum absolute atomic E-state index is 0.0854. The molecule has 19 heavy (non-hydrogen) atoms. The number of rotatable bonds is 4. The van der Waals surface area contributed by atoms with Crippen LogP contribution >= 0.6 is 0 Å². The lowest BCUT2D eigenvalue weighted by Gasteiger charge is -2.32. The minimum Gasteiger partial charge on any atom is -0.387 e. The highest BCUT2D eigenvalue weighted by molar-refractivity contribution is 5.82. The third kappa shape index (κ3) is 3.57. The van der Waals surface area contributed by atoms with E-state index in [-0.39, 0.29) is 11.3 Å². The Morgan fingerprint density at radius 2 is 1.89 bits per heavy atom. The van der Waals surface area contributed by atoms with Crippen LogP contribution in [0.1, 0.15) is 50.7 Å². The zero-order valence-electron chi connectivity index (χ0n) is 11.6. The second kappa shape index (κ2) is 6.20. The van der Waals surface area contributed by atoms with Crippen molar-refractivity contribution >= 4 is 5.91 Å². The van der Waals surface area contributed by atoms with Crippen molar-refractivity contribution in [2.24, 2.45) is 5.41 Å². The SMILES string of the molecule is CC1(C(=O)NCC(O)c2ccccc2)CCCCC1. The van der Waals surface area contributed by atoms with Crippen molar-refractivity contribution < 1.29 is 9.90 Å². The fourth-order valence-electron chi connectivity index (χ4n) is 2.75. The summed E-state index contributed by atoms with van der Waals surface area (Å²) in [6.07, 6.45) is 4.78. The number of amides is 1. The summed E-state index contributed by atoms with van der Waals surface area (Å²) in [4.78, 5) is 12.2. The molecule has 1 unspecified atom stereocenters. The van der Waals surface area contributed by atoms with Gasteiger partial charge in [-0.1, -0.05) is 56.5 Å². The first-order valence-corrected chi connectivity index (χ1v) is 7.13. The number of aliphatic hydroxyl groups excluding tert-OH is 1. The van der Waals surface area contributed by atoms with Crippen molar-refractivity contribution in [3.05, 3.63) is 35.9 Å². The fourth-order valence-corrected chi connectivity index (χ4v) is 2.75. The molecular weight excluding hydrogens is 238 g/mol. The largest absolute Gasteiger partial charge is 0.387 e. The molecule has 1 aromatic rings. The molecule has 104 valence electrons. The summed E-state index contributed by atoms with van der Waals surface area (Å²) in [6, 6.07) is 9.45. The van der Waals surface area contributed by atoms with Crippen LogP contribution in [0.4, 0.5) is 0 Å². The van der Waals surface area contributed by atoms with E-state index in [1.807, 2.05) is 37.3 Å². The number of hydrogen-bond donors (Lipinski definition) is 2. The van der Waals surface area contributed by atoms with Gasteiger partial charge in [-0.3, -0.25) is 4.79 Å². The molecule has 1 aliphatic carbocycles. The van der Waals surface area contributed by atoms with Gasteiger partial charge in [0.1, 0.15) is 0 Å². The lowest BCUT2D eigenvalue weighted by molar-refractivity contribution is -0.132. The third-order valence-corrected chi connectivity index (χ3v) is 4.15. The molecule has 0 heterocycles. The maximum absolute atomic E-state index is 12.2. The Kier molecular flexibility index (Phi) is 4.59. The molecule has 1 aliphatic rings. The van der Waals surface area contributed by atoms with Crippen LogP contribution in [0.3, 0.4) is 0 Å². The van der Waals surface area contributed by atoms with Gasteiger partial charge >= 0.3 is 0 Å². The third-order valence-electron chi connectivity index (χ3n) is 4.15. The van der Waals surface area contributed by atoms with Crippen LogP contribution in [0.15, 0.2) is 30.3 Å². The molecule has 2 N–H and O–H groups in total. The average molecular weight is 261 g/mol. The van der Waals surface area contributed by atoms with Gasteiger partial charge in [0.2, 0.25) is 5.91 Å². The quantitative estimate of drug-likeness (QED) is 0.875. The molecular formula is C16H23NO2. The van der Waals surface area contributed by atoms with E-state index in [0.717, 1.165) is 31.2 Å². The highest BCUT2D eigenvalue weighted by Crippen LogP contribution is 2.35. The van der Waals surface area contributed by atoms with Gasteiger partial charge in [0.05, 0.1) is 6.10 Å². The van der Waals surface area contributed by atoms with Gasteiger partial charge in [0.15, 0.2) is 0 Å². The second-order valence-corrected chi connectivity index (χ2v) is 5.76. The normalized spacial score (nSPS) is 19.7. The van der Waals surface area contributed by atoms with Crippen LogP contribution in [0.5, 0.6) is 0 Å². The molecule has 1 atom stereocenters. The summed E-state index contributed by atoms with van der Waals surface area (Å²) < 4.78 is 0. The van der Waals surface area contributed by atoms with Crippen molar-refractivity contribution in [2.45, 2.75) is 45.1 Å². The topological polar surface area (TPSA) is 49.3 Å². The van der Waals surface area contributed by atoms with Crippen molar-refractivity contribution in [2.75, 3.05) is 6.54 Å². The molecule has 0 radical (unpaired) electrons. The molecule has 3 nitrogen and oxygen atoms in total. The first kappa shape index (κ1) is 14.1. The molecule has 0 saturated heterocycles. The van der Waals surface area contributed by atoms with E-state index < -0.39 is 6.10 Å². The molecule has 3 heteroatoms. The number of carbonyl (C=O) groups excluding carboxylic acids is 1. The Bertz CT molecular complexity index is 410. The van der Waals surface area contributed by atoms with Crippen molar-refractivity contribution in [1.29, 1.82) is 0 Å². The van der Waals surface area contributed by atoms with E-state index >= 15 is 0 Å². The summed E-state index contributed by atoms with van der Waals surface area (Å²) in [6.45, 7) is 2.33. The van der Waals surface area contributed by atoms with E-state index in [2.05, 4.69) is 5.32 Å². The van der Waals surface area contributed by atoms with Gasteiger partial charge in [0, 0.05) is 12.0 Å². The predicted octanol–water partition coefficient (Wildman–Crippen LogP) is 2.81. The zero-order valence-corrected chi connectivity index (χ0v) is 11.6. The van der Waals surface area contributed by atoms with Crippen LogP contribution in [0.2, 0.25) is 0 Å². The Labute approximate surface area is 115 Å². The first-order valence-electron chi connectivity index (χ1n) is 7.13. The van der Waals surface area contributed by atoms with Gasteiger partial charge in [-0.25, -0.2) is 0 Å². The molecule has 0 aromatic heterocycles. The molecule has 1 saturated carbocycles. The van der Waals surface area contributed by atoms with Crippen molar-refractivity contribution in [3.63, 3.8) is 0 Å². The zero-order chi connectivity index (χ0) is 13.7. The maximum atomic E-state index is 12.2. The second-order valence-electron chi connectivity index (χ2n) is 5.76. The van der Waals surface area contributed by atoms with Gasteiger partial charge < -0.3 is 10.4 Å². The van der Waals surface area contributed by atoms with Gasteiger partial charge in [-0.2, -0.15) is 0 Å². The van der Waals surface area contributed by atoms with Crippen LogP contribution in [-0.2, 0) is 4.79 Å². The summed E-state index contributed by atoms with van der Waals surface area (Å²) in [5.41, 5.74) is 0.603. The smallest absolute Gasteiger partial charge is 0.226 e. The van der Waals surface area contributed by atoms with Crippen LogP contribution in [-0.4, -0.2) is 17.6 Å². The Morgan fingerprint density at radius 1 is 1.26 bits per heavy atom. The highest BCUT2D eigenvalue weighted by atomic mass is 16.3. The lowest BCUT2D eigenvalue weighted by Crippen LogP contribution is -2.41. The Balaban J connectivity index is 1.86. The van der Waals surface area contributed by atoms with Crippen LogP contribution < -0.4 is 5.32 Å². The summed E-state index contributed by atoms with van der Waals surface area (Å²) in [5.74, 6) is 0.0854. The molecule has 0 bridgehead atoms. The lowest BCUT2D eigenvalue weighted by atomic mass is 9.75. The summed E-state index contributed by atoms with van der Waals surface area (Å²) >= 11 is 0. The number of aliphatic hydroxyl groups is 1. The number of carbonyl (C=O) groups is 1. The number of nitrogens with one attached hydrogen (secondary N) is 1. The van der Waals surface area contributed by atoms with E-state index in [0.29, 0.717) is 6.54 Å². The van der Waals surface area contributed by atoms with Gasteiger partial charge in [0.25, 0.3) is 0 Å². The maximum Gasteiger partial charge on any atom is 0.226 e. The molecule has 0 spiro atoms. The summed E-state index contributed by atoms with van der Waals surface area (Å²) in [5, 5.41) is 12.9. The van der Waals surface area contributed by atoms with Crippen molar-refractivity contribution in [3.8, 4) is 0 Å². The minimum atomic E-state index is -0.627. The Hall–Kier alpha value is -1.35. The van der Waals surface area contributed by atoms with Crippen molar-refractivity contribution in [1.82, 2.24) is 5.32 Å². The molecule has 1 aromatic carbocycles. The standard InChI is InChI=1S/C16H23NO2/c1-16(10-6-3-7-11-16)15(19)17-12-14(18)13-8-4-2-5-9-13/h2,4-5,8-9,14,18H,3,6-7,10-12H2,1H3,(H,17,19). The average Bonchev–Trinajstić information content (AvgIpc) is 2.46. The first-order chi connectivity index (χ1) is 9.12.